The number of hydrogen-bond acceptors (Lipinski definition) is 11. The summed E-state index contributed by atoms with van der Waals surface area (Å²) in [5.41, 5.74) is 0. The molecule has 0 radical (unpaired) electrons. The lowest BCUT2D eigenvalue weighted by molar-refractivity contribution is -0.337. The highest BCUT2D eigenvalue weighted by molar-refractivity contribution is 5.80. The number of aliphatic hydroxyl groups excluding tert-OH is 4. The highest BCUT2D eigenvalue weighted by Crippen LogP contribution is 2.38. The van der Waals surface area contributed by atoms with E-state index >= 15 is 0 Å². The standard InChI is InChI=1S/C33H56F2N2O11/c1-16-10-9-13-20(28(16)48-33-27(42)26(41)23(30(34)35)17(2)44-33)46-32-24(36-18(3)39)29(25(40)22(15-38)47-32)45-21(31(43)37(4)5)14-19-11-7-6-8-12-19/h16-17,19-30,32-33,38,40-42H,6-15H2,1-5H3,(H,36,39)/t16?,17?,20?,21-,22?,23?,24?,25?,26?,27?,28?,29?,32?,33?/m0/s1. The fourth-order valence-corrected chi connectivity index (χ4v) is 7.70. The molecule has 13 unspecified atom stereocenters. The Morgan fingerprint density at radius 1 is 0.896 bits per heavy atom. The monoisotopic (exact) mass is 694 g/mol. The largest absolute Gasteiger partial charge is 0.394 e. The molecule has 5 N–H and O–H groups in total. The lowest BCUT2D eigenvalue weighted by Gasteiger charge is -2.48. The van der Waals surface area contributed by atoms with Gasteiger partial charge in [-0.3, -0.25) is 9.59 Å². The predicted octanol–water partition coefficient (Wildman–Crippen LogP) is 1.32. The number of nitrogens with zero attached hydrogens (tertiary/aromatic N) is 1. The molecule has 0 aromatic rings. The lowest BCUT2D eigenvalue weighted by Crippen LogP contribution is -2.67. The van der Waals surface area contributed by atoms with Crippen LogP contribution in [0.1, 0.15) is 78.6 Å². The summed E-state index contributed by atoms with van der Waals surface area (Å²) in [6.07, 6.45) is -8.98. The molecular formula is C33H56F2N2O11. The Kier molecular flexibility index (Phi) is 14.4. The number of likely N-dealkylation sites (N-methyl/N-ethyl adjacent to an activating group) is 1. The second-order valence-corrected chi connectivity index (χ2v) is 14.3. The summed E-state index contributed by atoms with van der Waals surface area (Å²) in [6, 6.07) is -1.10. The normalized spacial score (nSPS) is 40.4. The highest BCUT2D eigenvalue weighted by Gasteiger charge is 2.52. The summed E-state index contributed by atoms with van der Waals surface area (Å²) in [7, 11) is 3.25. The molecule has 2 amide bonds. The Balaban J connectivity index is 1.58. The van der Waals surface area contributed by atoms with Crippen molar-refractivity contribution in [3.8, 4) is 0 Å². The molecule has 4 fully saturated rings. The van der Waals surface area contributed by atoms with Crippen LogP contribution >= 0.6 is 0 Å². The Hall–Kier alpha value is -1.56. The molecule has 14 atom stereocenters. The van der Waals surface area contributed by atoms with Crippen molar-refractivity contribution < 1.29 is 62.5 Å². The second-order valence-electron chi connectivity index (χ2n) is 14.3. The molecule has 278 valence electrons. The van der Waals surface area contributed by atoms with Crippen LogP contribution in [0.4, 0.5) is 8.78 Å². The van der Waals surface area contributed by atoms with Gasteiger partial charge in [0.1, 0.15) is 36.6 Å². The summed E-state index contributed by atoms with van der Waals surface area (Å²) in [5.74, 6) is -2.26. The van der Waals surface area contributed by atoms with Crippen molar-refractivity contribution in [3.63, 3.8) is 0 Å². The number of rotatable bonds is 12. The third kappa shape index (κ3) is 9.40. The maximum Gasteiger partial charge on any atom is 0.251 e. The molecule has 48 heavy (non-hydrogen) atoms. The van der Waals surface area contributed by atoms with Gasteiger partial charge in [0.2, 0.25) is 12.3 Å². The van der Waals surface area contributed by atoms with Gasteiger partial charge in [0.05, 0.1) is 36.9 Å². The Morgan fingerprint density at radius 3 is 2.19 bits per heavy atom. The Bertz CT molecular complexity index is 1040. The summed E-state index contributed by atoms with van der Waals surface area (Å²) < 4.78 is 57.9. The van der Waals surface area contributed by atoms with Gasteiger partial charge in [-0.15, -0.1) is 0 Å². The van der Waals surface area contributed by atoms with Gasteiger partial charge in [-0.05, 0) is 38.0 Å². The zero-order valence-corrected chi connectivity index (χ0v) is 28.7. The van der Waals surface area contributed by atoms with E-state index in [1.807, 2.05) is 6.92 Å². The summed E-state index contributed by atoms with van der Waals surface area (Å²) in [4.78, 5) is 27.3. The first-order chi connectivity index (χ1) is 22.7. The van der Waals surface area contributed by atoms with Crippen molar-refractivity contribution in [2.75, 3.05) is 20.7 Å². The van der Waals surface area contributed by atoms with Crippen LogP contribution in [-0.4, -0.2) is 138 Å². The van der Waals surface area contributed by atoms with E-state index in [0.29, 0.717) is 19.3 Å². The second kappa shape index (κ2) is 17.6. The molecule has 4 rings (SSSR count). The molecule has 0 aromatic heterocycles. The van der Waals surface area contributed by atoms with Crippen LogP contribution in [-0.2, 0) is 33.3 Å². The van der Waals surface area contributed by atoms with E-state index in [9.17, 15) is 38.8 Å². The van der Waals surface area contributed by atoms with E-state index in [1.165, 1.54) is 18.7 Å². The molecule has 0 spiro atoms. The minimum Gasteiger partial charge on any atom is -0.394 e. The smallest absolute Gasteiger partial charge is 0.251 e. The van der Waals surface area contributed by atoms with Crippen molar-refractivity contribution in [2.45, 2.75) is 159 Å². The number of aliphatic hydroxyl groups is 4. The van der Waals surface area contributed by atoms with Crippen LogP contribution < -0.4 is 5.32 Å². The summed E-state index contributed by atoms with van der Waals surface area (Å²) in [5, 5.41) is 45.5. The molecule has 0 bridgehead atoms. The number of halogens is 2. The molecule has 15 heteroatoms. The van der Waals surface area contributed by atoms with E-state index < -0.39 is 98.4 Å². The Labute approximate surface area is 281 Å². The van der Waals surface area contributed by atoms with Crippen LogP contribution in [0, 0.1) is 17.8 Å². The number of amides is 2. The maximum absolute atomic E-state index is 13.6. The average molecular weight is 695 g/mol. The predicted molar refractivity (Wildman–Crippen MR) is 167 cm³/mol. The van der Waals surface area contributed by atoms with E-state index in [0.717, 1.165) is 38.5 Å². The molecule has 13 nitrogen and oxygen atoms in total. The number of alkyl halides is 2. The summed E-state index contributed by atoms with van der Waals surface area (Å²) >= 11 is 0. The van der Waals surface area contributed by atoms with E-state index in [4.69, 9.17) is 23.7 Å². The fraction of sp³-hybridized carbons (Fsp3) is 0.939. The van der Waals surface area contributed by atoms with Crippen molar-refractivity contribution in [2.24, 2.45) is 17.8 Å². The molecule has 2 aliphatic carbocycles. The Morgan fingerprint density at radius 2 is 1.58 bits per heavy atom. The SMILES string of the molecule is CC(=O)NC1C(OC2CCCC(C)C2OC2OC(C)C(C(F)F)C(O)C2O)OC(CO)C(O)C1O[C@@H](CC1CCCCC1)C(=O)N(C)C. The molecular weight excluding hydrogens is 638 g/mol. The third-order valence-electron chi connectivity index (χ3n) is 10.4. The molecule has 2 saturated carbocycles. The van der Waals surface area contributed by atoms with Crippen molar-refractivity contribution in [1.29, 1.82) is 0 Å². The van der Waals surface area contributed by atoms with Gasteiger partial charge >= 0.3 is 0 Å². The number of carbonyl (C=O) groups excluding carboxylic acids is 2. The van der Waals surface area contributed by atoms with Gasteiger partial charge in [-0.1, -0.05) is 45.4 Å². The van der Waals surface area contributed by atoms with Crippen LogP contribution in [0.2, 0.25) is 0 Å². The van der Waals surface area contributed by atoms with Gasteiger partial charge in [0.25, 0.3) is 5.91 Å². The van der Waals surface area contributed by atoms with Crippen molar-refractivity contribution in [3.05, 3.63) is 0 Å². The number of nitrogens with one attached hydrogen (secondary N) is 1. The van der Waals surface area contributed by atoms with E-state index in [2.05, 4.69) is 5.32 Å². The van der Waals surface area contributed by atoms with Crippen LogP contribution in [0.3, 0.4) is 0 Å². The first-order valence-electron chi connectivity index (χ1n) is 17.4. The van der Waals surface area contributed by atoms with Gasteiger partial charge < -0.3 is 54.3 Å². The van der Waals surface area contributed by atoms with Gasteiger partial charge in [0.15, 0.2) is 12.6 Å². The van der Waals surface area contributed by atoms with Crippen molar-refractivity contribution in [1.82, 2.24) is 10.2 Å². The molecule has 2 aliphatic heterocycles. The van der Waals surface area contributed by atoms with Gasteiger partial charge in [-0.25, -0.2) is 8.78 Å². The number of ether oxygens (including phenoxy) is 5. The highest BCUT2D eigenvalue weighted by atomic mass is 19.3. The zero-order valence-electron chi connectivity index (χ0n) is 28.7. The average Bonchev–Trinajstić information content (AvgIpc) is 3.03. The van der Waals surface area contributed by atoms with Crippen molar-refractivity contribution >= 4 is 11.8 Å². The minimum absolute atomic E-state index is 0.161. The molecule has 0 aromatic carbocycles. The van der Waals surface area contributed by atoms with Crippen LogP contribution in [0.15, 0.2) is 0 Å². The maximum atomic E-state index is 13.6. The first-order valence-corrected chi connectivity index (χ1v) is 17.4. The number of hydrogen-bond donors (Lipinski definition) is 5. The van der Waals surface area contributed by atoms with Crippen LogP contribution in [0.25, 0.3) is 0 Å². The fourth-order valence-electron chi connectivity index (χ4n) is 7.70. The van der Waals surface area contributed by atoms with E-state index in [-0.39, 0.29) is 17.7 Å². The minimum atomic E-state index is -2.91. The quantitative estimate of drug-likeness (QED) is 0.199. The van der Waals surface area contributed by atoms with Gasteiger partial charge in [0, 0.05) is 21.0 Å². The van der Waals surface area contributed by atoms with Crippen LogP contribution in [0.5, 0.6) is 0 Å². The lowest BCUT2D eigenvalue weighted by atomic mass is 9.84. The van der Waals surface area contributed by atoms with Gasteiger partial charge in [-0.2, -0.15) is 0 Å². The van der Waals surface area contributed by atoms with E-state index in [1.54, 1.807) is 14.1 Å². The topological polar surface area (TPSA) is 176 Å². The molecule has 2 saturated heterocycles. The zero-order chi connectivity index (χ0) is 35.3. The first kappa shape index (κ1) is 39.2. The molecule has 2 heterocycles. The molecule has 4 aliphatic rings. The summed E-state index contributed by atoms with van der Waals surface area (Å²) in [6.45, 7) is 3.97. The third-order valence-corrected chi connectivity index (χ3v) is 10.4. The number of carbonyl (C=O) groups is 2.